The van der Waals surface area contributed by atoms with Crippen LogP contribution in [0.1, 0.15) is 25.2 Å². The van der Waals surface area contributed by atoms with Gasteiger partial charge in [0.25, 0.3) is 10.0 Å². The number of sulfonamides is 1. The third-order valence-electron chi connectivity index (χ3n) is 5.57. The van der Waals surface area contributed by atoms with Crippen LogP contribution in [0.3, 0.4) is 0 Å². The molecule has 4 rings (SSSR count). The van der Waals surface area contributed by atoms with Gasteiger partial charge in [0.1, 0.15) is 16.6 Å². The van der Waals surface area contributed by atoms with Gasteiger partial charge in [-0.1, -0.05) is 18.2 Å². The van der Waals surface area contributed by atoms with Crippen molar-refractivity contribution in [1.29, 1.82) is 0 Å². The summed E-state index contributed by atoms with van der Waals surface area (Å²) in [6.07, 6.45) is 1.60. The standard InChI is InChI=1S/C23H28N2O5S2/c1-23(2,26)18-7-9-19(10-8-18)25-12-11-24(32(27,28)22-6-4-14-31-22)15-20(25)16-29-17-21-5-3-13-30-21/h3-10,13-14,20,26H,11-12,15-17H2,1-2H3/t20-/m1/s1. The van der Waals surface area contributed by atoms with E-state index in [-0.39, 0.29) is 6.04 Å². The summed E-state index contributed by atoms with van der Waals surface area (Å²) in [5, 5.41) is 12.0. The average Bonchev–Trinajstić information content (AvgIpc) is 3.48. The number of piperazine rings is 1. The second-order valence-electron chi connectivity index (χ2n) is 8.34. The fourth-order valence-corrected chi connectivity index (χ4v) is 6.43. The number of hydrogen-bond acceptors (Lipinski definition) is 7. The molecule has 1 fully saturated rings. The normalized spacial score (nSPS) is 18.2. The number of thiophene rings is 1. The zero-order valence-electron chi connectivity index (χ0n) is 18.2. The van der Waals surface area contributed by atoms with E-state index in [1.165, 1.54) is 11.3 Å². The van der Waals surface area contributed by atoms with Crippen molar-refractivity contribution in [3.8, 4) is 0 Å². The maximum absolute atomic E-state index is 13.1. The zero-order chi connectivity index (χ0) is 22.8. The third-order valence-corrected chi connectivity index (χ3v) is 8.81. The second-order valence-corrected chi connectivity index (χ2v) is 11.5. The number of aliphatic hydroxyl groups is 1. The summed E-state index contributed by atoms with van der Waals surface area (Å²) in [6.45, 7) is 5.44. The number of ether oxygens (including phenoxy) is 1. The lowest BCUT2D eigenvalue weighted by Crippen LogP contribution is -2.56. The SMILES string of the molecule is CC(C)(O)c1ccc(N2CCN(S(=O)(=O)c3cccs3)C[C@@H]2COCc2ccco2)cc1. The molecule has 1 aliphatic heterocycles. The van der Waals surface area contributed by atoms with Crippen LogP contribution in [0, 0.1) is 0 Å². The van der Waals surface area contributed by atoms with E-state index in [4.69, 9.17) is 9.15 Å². The Labute approximate surface area is 192 Å². The lowest BCUT2D eigenvalue weighted by atomic mass is 9.98. The molecule has 1 saturated heterocycles. The van der Waals surface area contributed by atoms with Crippen LogP contribution in [0.2, 0.25) is 0 Å². The summed E-state index contributed by atoms with van der Waals surface area (Å²) in [5.74, 6) is 0.727. The molecule has 0 aliphatic carbocycles. The summed E-state index contributed by atoms with van der Waals surface area (Å²) in [7, 11) is -3.53. The molecule has 0 spiro atoms. The van der Waals surface area contributed by atoms with Crippen molar-refractivity contribution in [2.75, 3.05) is 31.1 Å². The molecule has 0 bridgehead atoms. The molecule has 3 heterocycles. The average molecular weight is 477 g/mol. The first-order valence-electron chi connectivity index (χ1n) is 10.5. The van der Waals surface area contributed by atoms with Crippen LogP contribution >= 0.6 is 11.3 Å². The van der Waals surface area contributed by atoms with Gasteiger partial charge in [-0.15, -0.1) is 11.3 Å². The number of nitrogens with zero attached hydrogens (tertiary/aromatic N) is 2. The van der Waals surface area contributed by atoms with E-state index in [1.54, 1.807) is 41.9 Å². The van der Waals surface area contributed by atoms with Gasteiger partial charge in [-0.3, -0.25) is 0 Å². The first-order chi connectivity index (χ1) is 15.2. The Hall–Kier alpha value is -2.17. The van der Waals surface area contributed by atoms with Crippen molar-refractivity contribution >= 4 is 27.0 Å². The van der Waals surface area contributed by atoms with Gasteiger partial charge in [-0.25, -0.2) is 8.42 Å². The van der Waals surface area contributed by atoms with Gasteiger partial charge < -0.3 is 19.2 Å². The third kappa shape index (κ3) is 5.07. The second kappa shape index (κ2) is 9.36. The lowest BCUT2D eigenvalue weighted by molar-refractivity contribution is 0.0784. The van der Waals surface area contributed by atoms with Crippen LogP contribution in [-0.4, -0.2) is 50.1 Å². The Morgan fingerprint density at radius 1 is 1.16 bits per heavy atom. The number of anilines is 1. The highest BCUT2D eigenvalue weighted by Gasteiger charge is 2.35. The molecule has 1 aliphatic rings. The monoisotopic (exact) mass is 476 g/mol. The van der Waals surface area contributed by atoms with Gasteiger partial charge in [0.2, 0.25) is 0 Å². The van der Waals surface area contributed by atoms with Gasteiger partial charge in [-0.2, -0.15) is 4.31 Å². The molecule has 1 N–H and O–H groups in total. The molecular weight excluding hydrogens is 448 g/mol. The van der Waals surface area contributed by atoms with E-state index in [1.807, 2.05) is 36.4 Å². The van der Waals surface area contributed by atoms with Crippen molar-refractivity contribution in [2.45, 2.75) is 36.3 Å². The summed E-state index contributed by atoms with van der Waals surface area (Å²) in [4.78, 5) is 2.18. The lowest BCUT2D eigenvalue weighted by Gasteiger charge is -2.42. The molecule has 0 unspecified atom stereocenters. The number of hydrogen-bond donors (Lipinski definition) is 1. The molecule has 1 atom stereocenters. The highest BCUT2D eigenvalue weighted by molar-refractivity contribution is 7.91. The molecule has 172 valence electrons. The zero-order valence-corrected chi connectivity index (χ0v) is 19.8. The van der Waals surface area contributed by atoms with E-state index in [0.717, 1.165) is 17.0 Å². The smallest absolute Gasteiger partial charge is 0.252 e. The minimum atomic E-state index is -3.53. The Morgan fingerprint density at radius 3 is 2.56 bits per heavy atom. The van der Waals surface area contributed by atoms with Crippen LogP contribution in [-0.2, 0) is 27.0 Å². The highest BCUT2D eigenvalue weighted by atomic mass is 32.2. The predicted octanol–water partition coefficient (Wildman–Crippen LogP) is 3.66. The predicted molar refractivity (Wildman–Crippen MR) is 124 cm³/mol. The Kier molecular flexibility index (Phi) is 6.73. The summed E-state index contributed by atoms with van der Waals surface area (Å²) < 4.78 is 39.3. The van der Waals surface area contributed by atoms with Gasteiger partial charge in [0.15, 0.2) is 0 Å². The fraction of sp³-hybridized carbons (Fsp3) is 0.391. The Balaban J connectivity index is 1.53. The molecule has 9 heteroatoms. The molecule has 0 saturated carbocycles. The van der Waals surface area contributed by atoms with Crippen LogP contribution in [0.15, 0.2) is 68.8 Å². The summed E-state index contributed by atoms with van der Waals surface area (Å²) >= 11 is 1.23. The quantitative estimate of drug-likeness (QED) is 0.534. The van der Waals surface area contributed by atoms with Gasteiger partial charge in [0.05, 0.1) is 24.5 Å². The molecule has 0 radical (unpaired) electrons. The van der Waals surface area contributed by atoms with E-state index in [0.29, 0.717) is 37.1 Å². The van der Waals surface area contributed by atoms with Crippen molar-refractivity contribution in [3.05, 3.63) is 71.5 Å². The molecule has 0 amide bonds. The van der Waals surface area contributed by atoms with Crippen LogP contribution in [0.5, 0.6) is 0 Å². The molecule has 32 heavy (non-hydrogen) atoms. The minimum absolute atomic E-state index is 0.165. The molecule has 2 aromatic heterocycles. The van der Waals surface area contributed by atoms with Crippen molar-refractivity contribution in [3.63, 3.8) is 0 Å². The van der Waals surface area contributed by atoms with Gasteiger partial charge >= 0.3 is 0 Å². The first-order valence-corrected chi connectivity index (χ1v) is 12.8. The minimum Gasteiger partial charge on any atom is -0.467 e. The maximum Gasteiger partial charge on any atom is 0.252 e. The highest BCUT2D eigenvalue weighted by Crippen LogP contribution is 2.29. The van der Waals surface area contributed by atoms with Crippen molar-refractivity contribution < 1.29 is 22.7 Å². The first kappa shape index (κ1) is 23.0. The maximum atomic E-state index is 13.1. The van der Waals surface area contributed by atoms with E-state index >= 15 is 0 Å². The Bertz CT molecular complexity index is 1090. The summed E-state index contributed by atoms with van der Waals surface area (Å²) in [6, 6.07) is 14.6. The van der Waals surface area contributed by atoms with Gasteiger partial charge in [-0.05, 0) is 55.1 Å². The number of furan rings is 1. The molecule has 7 nitrogen and oxygen atoms in total. The van der Waals surface area contributed by atoms with Crippen LogP contribution < -0.4 is 4.90 Å². The molecule has 3 aromatic rings. The van der Waals surface area contributed by atoms with Crippen LogP contribution in [0.4, 0.5) is 5.69 Å². The largest absolute Gasteiger partial charge is 0.467 e. The van der Waals surface area contributed by atoms with Crippen molar-refractivity contribution in [1.82, 2.24) is 4.31 Å². The van der Waals surface area contributed by atoms with E-state index in [9.17, 15) is 13.5 Å². The molecular formula is C23H28N2O5S2. The van der Waals surface area contributed by atoms with E-state index in [2.05, 4.69) is 4.90 Å². The number of benzene rings is 1. The van der Waals surface area contributed by atoms with Gasteiger partial charge in [0, 0.05) is 25.3 Å². The van der Waals surface area contributed by atoms with Crippen LogP contribution in [0.25, 0.3) is 0 Å². The summed E-state index contributed by atoms with van der Waals surface area (Å²) in [5.41, 5.74) is 0.876. The topological polar surface area (TPSA) is 83.2 Å². The fourth-order valence-electron chi connectivity index (χ4n) is 3.82. The Morgan fingerprint density at radius 2 is 1.94 bits per heavy atom. The van der Waals surface area contributed by atoms with Crippen molar-refractivity contribution in [2.24, 2.45) is 0 Å². The number of rotatable bonds is 8. The van der Waals surface area contributed by atoms with E-state index < -0.39 is 15.6 Å². The molecule has 1 aromatic carbocycles.